The third-order valence-corrected chi connectivity index (χ3v) is 5.19. The van der Waals surface area contributed by atoms with E-state index in [2.05, 4.69) is 10.6 Å². The minimum Gasteiger partial charge on any atom is -0.394 e. The first-order chi connectivity index (χ1) is 11.6. The van der Waals surface area contributed by atoms with Gasteiger partial charge in [-0.3, -0.25) is 9.59 Å². The maximum Gasteiger partial charge on any atom is 0.222 e. The molecule has 1 heterocycles. The van der Waals surface area contributed by atoms with E-state index in [9.17, 15) is 14.7 Å². The van der Waals surface area contributed by atoms with Crippen molar-refractivity contribution in [2.45, 2.75) is 83.0 Å². The highest BCUT2D eigenvalue weighted by Gasteiger charge is 2.32. The van der Waals surface area contributed by atoms with Crippen molar-refractivity contribution >= 4 is 11.8 Å². The Labute approximate surface area is 144 Å². The number of nitrogens with one attached hydrogen (secondary N) is 2. The Hall–Kier alpha value is -1.14. The van der Waals surface area contributed by atoms with Crippen molar-refractivity contribution in [3.63, 3.8) is 0 Å². The van der Waals surface area contributed by atoms with E-state index in [4.69, 9.17) is 4.74 Å². The van der Waals surface area contributed by atoms with Crippen LogP contribution in [0.15, 0.2) is 0 Å². The van der Waals surface area contributed by atoms with E-state index in [-0.39, 0.29) is 30.6 Å². The van der Waals surface area contributed by atoms with Gasteiger partial charge in [0.1, 0.15) is 6.10 Å². The van der Waals surface area contributed by atoms with E-state index in [0.717, 1.165) is 19.4 Å². The summed E-state index contributed by atoms with van der Waals surface area (Å²) < 4.78 is 5.83. The standard InChI is InChI=1S/C18H32N2O4/c1-2-17(22)20-15-9-8-14(24-16(15)12-21)10-18(23)19-11-13-6-4-3-5-7-13/h13-16,21H,2-12H2,1H3,(H,19,23)(H,20,22)/t14-,15-,16+/m1/s1. The van der Waals surface area contributed by atoms with Crippen LogP contribution in [0, 0.1) is 5.92 Å². The highest BCUT2D eigenvalue weighted by atomic mass is 16.5. The van der Waals surface area contributed by atoms with Crippen LogP contribution in [0.2, 0.25) is 0 Å². The van der Waals surface area contributed by atoms with Crippen LogP contribution in [-0.4, -0.2) is 48.3 Å². The van der Waals surface area contributed by atoms with Crippen LogP contribution in [0.25, 0.3) is 0 Å². The second kappa shape index (κ2) is 9.99. The molecule has 6 nitrogen and oxygen atoms in total. The predicted molar refractivity (Wildman–Crippen MR) is 91.4 cm³/mol. The Morgan fingerprint density at radius 1 is 1.08 bits per heavy atom. The van der Waals surface area contributed by atoms with Crippen LogP contribution in [0.3, 0.4) is 0 Å². The van der Waals surface area contributed by atoms with Gasteiger partial charge in [-0.1, -0.05) is 26.2 Å². The Morgan fingerprint density at radius 2 is 1.83 bits per heavy atom. The van der Waals surface area contributed by atoms with Gasteiger partial charge < -0.3 is 20.5 Å². The van der Waals surface area contributed by atoms with Crippen molar-refractivity contribution in [1.29, 1.82) is 0 Å². The molecule has 0 bridgehead atoms. The molecule has 0 radical (unpaired) electrons. The van der Waals surface area contributed by atoms with E-state index < -0.39 is 6.10 Å². The molecule has 3 N–H and O–H groups in total. The summed E-state index contributed by atoms with van der Waals surface area (Å²) >= 11 is 0. The van der Waals surface area contributed by atoms with Crippen molar-refractivity contribution in [1.82, 2.24) is 10.6 Å². The molecule has 6 heteroatoms. The summed E-state index contributed by atoms with van der Waals surface area (Å²) in [5, 5.41) is 15.4. The molecule has 1 saturated heterocycles. The third kappa shape index (κ3) is 6.06. The van der Waals surface area contributed by atoms with Crippen LogP contribution >= 0.6 is 0 Å². The van der Waals surface area contributed by atoms with Gasteiger partial charge in [0, 0.05) is 13.0 Å². The van der Waals surface area contributed by atoms with Crippen LogP contribution in [-0.2, 0) is 14.3 Å². The minimum absolute atomic E-state index is 0.0262. The first kappa shape index (κ1) is 19.2. The van der Waals surface area contributed by atoms with Gasteiger partial charge >= 0.3 is 0 Å². The molecule has 2 fully saturated rings. The normalized spacial score (nSPS) is 28.3. The monoisotopic (exact) mass is 340 g/mol. The summed E-state index contributed by atoms with van der Waals surface area (Å²) in [6, 6.07) is -0.163. The van der Waals surface area contributed by atoms with Gasteiger partial charge in [0.25, 0.3) is 0 Å². The Bertz CT molecular complexity index is 410. The Balaban J connectivity index is 1.71. The lowest BCUT2D eigenvalue weighted by atomic mass is 9.89. The van der Waals surface area contributed by atoms with Crippen molar-refractivity contribution in [3.8, 4) is 0 Å². The number of ether oxygens (including phenoxy) is 1. The average Bonchev–Trinajstić information content (AvgIpc) is 2.62. The number of amides is 2. The Kier molecular flexibility index (Phi) is 7.99. The first-order valence-corrected chi connectivity index (χ1v) is 9.44. The number of aliphatic hydroxyl groups is 1. The smallest absolute Gasteiger partial charge is 0.222 e. The zero-order chi connectivity index (χ0) is 17.4. The van der Waals surface area contributed by atoms with Gasteiger partial charge in [0.15, 0.2) is 0 Å². The number of hydrogen-bond donors (Lipinski definition) is 3. The van der Waals surface area contributed by atoms with Crippen LogP contribution < -0.4 is 10.6 Å². The van der Waals surface area contributed by atoms with Gasteiger partial charge in [-0.15, -0.1) is 0 Å². The van der Waals surface area contributed by atoms with Crippen LogP contribution in [0.1, 0.15) is 64.7 Å². The summed E-state index contributed by atoms with van der Waals surface area (Å²) in [5.74, 6) is 0.609. The molecule has 0 aromatic heterocycles. The van der Waals surface area contributed by atoms with Gasteiger partial charge in [0.2, 0.25) is 11.8 Å². The van der Waals surface area contributed by atoms with Crippen LogP contribution in [0.5, 0.6) is 0 Å². The average molecular weight is 340 g/mol. The number of carbonyl (C=O) groups is 2. The number of rotatable bonds is 7. The van der Waals surface area contributed by atoms with Crippen molar-refractivity contribution in [2.24, 2.45) is 5.92 Å². The molecule has 24 heavy (non-hydrogen) atoms. The van der Waals surface area contributed by atoms with E-state index in [1.807, 2.05) is 0 Å². The van der Waals surface area contributed by atoms with Gasteiger partial charge in [-0.25, -0.2) is 0 Å². The maximum atomic E-state index is 12.1. The molecular weight excluding hydrogens is 308 g/mol. The molecular formula is C18H32N2O4. The van der Waals surface area contributed by atoms with E-state index in [0.29, 0.717) is 18.8 Å². The van der Waals surface area contributed by atoms with Crippen molar-refractivity contribution in [2.75, 3.05) is 13.2 Å². The SMILES string of the molecule is CCC(=O)N[C@@H]1CC[C@H](CC(=O)NCC2CCCCC2)O[C@H]1CO. The third-order valence-electron chi connectivity index (χ3n) is 5.19. The molecule has 0 aromatic rings. The lowest BCUT2D eigenvalue weighted by Crippen LogP contribution is -2.51. The summed E-state index contributed by atoms with van der Waals surface area (Å²) in [7, 11) is 0. The fourth-order valence-electron chi connectivity index (χ4n) is 3.68. The van der Waals surface area contributed by atoms with E-state index in [1.165, 1.54) is 32.1 Å². The largest absolute Gasteiger partial charge is 0.394 e. The molecule has 1 saturated carbocycles. The molecule has 1 aliphatic heterocycles. The quantitative estimate of drug-likeness (QED) is 0.655. The zero-order valence-corrected chi connectivity index (χ0v) is 14.8. The lowest BCUT2D eigenvalue weighted by molar-refractivity contribution is -0.135. The zero-order valence-electron chi connectivity index (χ0n) is 14.8. The van der Waals surface area contributed by atoms with Crippen LogP contribution in [0.4, 0.5) is 0 Å². The lowest BCUT2D eigenvalue weighted by Gasteiger charge is -2.36. The van der Waals surface area contributed by atoms with Gasteiger partial charge in [-0.05, 0) is 31.6 Å². The molecule has 3 atom stereocenters. The second-order valence-electron chi connectivity index (χ2n) is 7.10. The maximum absolute atomic E-state index is 12.1. The fourth-order valence-corrected chi connectivity index (χ4v) is 3.68. The number of aliphatic hydroxyl groups excluding tert-OH is 1. The highest BCUT2D eigenvalue weighted by molar-refractivity contribution is 5.76. The minimum atomic E-state index is -0.426. The number of carbonyl (C=O) groups excluding carboxylic acids is 2. The summed E-state index contributed by atoms with van der Waals surface area (Å²) in [5.41, 5.74) is 0. The highest BCUT2D eigenvalue weighted by Crippen LogP contribution is 2.24. The number of hydrogen-bond acceptors (Lipinski definition) is 4. The second-order valence-corrected chi connectivity index (χ2v) is 7.10. The van der Waals surface area contributed by atoms with E-state index >= 15 is 0 Å². The molecule has 138 valence electrons. The van der Waals surface area contributed by atoms with Gasteiger partial charge in [-0.2, -0.15) is 0 Å². The summed E-state index contributed by atoms with van der Waals surface area (Å²) in [6.07, 6.45) is 7.90. The van der Waals surface area contributed by atoms with Crippen molar-refractivity contribution in [3.05, 3.63) is 0 Å². The predicted octanol–water partition coefficient (Wildman–Crippen LogP) is 1.51. The first-order valence-electron chi connectivity index (χ1n) is 9.44. The topological polar surface area (TPSA) is 87.7 Å². The van der Waals surface area contributed by atoms with Crippen molar-refractivity contribution < 1.29 is 19.4 Å². The molecule has 0 aromatic carbocycles. The molecule has 0 unspecified atom stereocenters. The molecule has 2 amide bonds. The summed E-state index contributed by atoms with van der Waals surface area (Å²) in [6.45, 7) is 2.42. The Morgan fingerprint density at radius 3 is 2.50 bits per heavy atom. The molecule has 0 spiro atoms. The van der Waals surface area contributed by atoms with E-state index in [1.54, 1.807) is 6.92 Å². The van der Waals surface area contributed by atoms with Gasteiger partial charge in [0.05, 0.1) is 25.2 Å². The fraction of sp³-hybridized carbons (Fsp3) is 0.889. The summed E-state index contributed by atoms with van der Waals surface area (Å²) in [4.78, 5) is 23.7. The molecule has 2 aliphatic rings. The molecule has 2 rings (SSSR count). The molecule has 1 aliphatic carbocycles.